The van der Waals surface area contributed by atoms with Crippen LogP contribution < -0.4 is 0 Å². The summed E-state index contributed by atoms with van der Waals surface area (Å²) in [6, 6.07) is 21.3. The number of aryl methyl sites for hydroxylation is 2. The molecule has 2 saturated carbocycles. The molecule has 2 heterocycles. The summed E-state index contributed by atoms with van der Waals surface area (Å²) < 4.78 is 41.2. The van der Waals surface area contributed by atoms with Gasteiger partial charge in [-0.15, -0.1) is 0 Å². The van der Waals surface area contributed by atoms with E-state index in [1.54, 1.807) is 26.2 Å². The normalized spacial score (nSPS) is 25.8. The molecule has 0 amide bonds. The number of ether oxygens (including phenoxy) is 2. The molecule has 0 radical (unpaired) electrons. The summed E-state index contributed by atoms with van der Waals surface area (Å²) in [6.07, 6.45) is 15.4. The molecule has 2 saturated heterocycles. The summed E-state index contributed by atoms with van der Waals surface area (Å²) in [4.78, 5) is 11.8. The third-order valence-corrected chi connectivity index (χ3v) is 20.1. The second-order valence-electron chi connectivity index (χ2n) is 23.4. The summed E-state index contributed by atoms with van der Waals surface area (Å²) in [7, 11) is -1.23. The molecule has 3 unspecified atom stereocenters. The number of benzene rings is 2. The molecule has 2 aliphatic carbocycles. The zero-order chi connectivity index (χ0) is 52.6. The maximum absolute atomic E-state index is 11.8. The van der Waals surface area contributed by atoms with Crippen molar-refractivity contribution in [3.63, 3.8) is 0 Å². The first-order chi connectivity index (χ1) is 32.8. The molecule has 70 heavy (non-hydrogen) atoms. The number of carbonyl (C=O) groups excluding carboxylic acids is 1. The van der Waals surface area contributed by atoms with E-state index in [0.717, 1.165) is 50.8 Å². The van der Waals surface area contributed by atoms with Gasteiger partial charge in [0, 0.05) is 18.8 Å². The van der Waals surface area contributed by atoms with Crippen LogP contribution in [0.1, 0.15) is 119 Å². The fraction of sp³-hybridized carbons (Fsp3) is 0.696. The van der Waals surface area contributed by atoms with Crippen molar-refractivity contribution in [1.82, 2.24) is 0 Å². The van der Waals surface area contributed by atoms with Gasteiger partial charge in [-0.05, 0) is 61.8 Å². The molecule has 2 aromatic carbocycles. The number of hydrogen-bond donors (Lipinski definition) is 2. The van der Waals surface area contributed by atoms with Crippen molar-refractivity contribution in [2.45, 2.75) is 188 Å². The van der Waals surface area contributed by atoms with Gasteiger partial charge in [-0.1, -0.05) is 119 Å². The number of allylic oxidation sites excluding steroid dienone is 3. The molecule has 2 aliphatic heterocycles. The fourth-order valence-corrected chi connectivity index (χ4v) is 14.7. The molecule has 4 aliphatic rings. The Kier molecular flexibility index (Phi) is 30.9. The predicted molar refractivity (Wildman–Crippen MR) is 303 cm³/mol. The first-order valence-corrected chi connectivity index (χ1v) is 36.3. The smallest absolute Gasteiger partial charge is 0.270 e. The van der Waals surface area contributed by atoms with Gasteiger partial charge < -0.3 is 23.9 Å². The zero-order valence-corrected chi connectivity index (χ0v) is 51.2. The van der Waals surface area contributed by atoms with E-state index in [1.165, 1.54) is 21.7 Å². The van der Waals surface area contributed by atoms with E-state index in [0.29, 0.717) is 80.2 Å². The van der Waals surface area contributed by atoms with Crippen molar-refractivity contribution < 1.29 is 38.1 Å². The molecule has 2 N–H and O–H groups in total. The summed E-state index contributed by atoms with van der Waals surface area (Å²) in [5.74, 6) is 3.79. The van der Waals surface area contributed by atoms with Gasteiger partial charge in [-0.25, -0.2) is 0 Å². The molecule has 390 valence electrons. The monoisotopic (exact) mass is 1050 g/mol. The molecular weight excluding hydrogens is 957 g/mol. The fourth-order valence-electron chi connectivity index (χ4n) is 9.87. The maximum atomic E-state index is 11.8. The summed E-state index contributed by atoms with van der Waals surface area (Å²) in [5, 5.41) is 23.2. The molecular formula is C56H94AlBO8P2Si2. The van der Waals surface area contributed by atoms with E-state index in [4.69, 9.17) is 9.47 Å². The van der Waals surface area contributed by atoms with E-state index in [1.807, 2.05) is 0 Å². The van der Waals surface area contributed by atoms with Crippen LogP contribution in [0.3, 0.4) is 0 Å². The van der Waals surface area contributed by atoms with Crippen LogP contribution >= 0.6 is 16.4 Å². The van der Waals surface area contributed by atoms with Gasteiger partial charge in [0.25, 0.3) is 17.4 Å². The molecule has 0 bridgehead atoms. The zero-order valence-electron chi connectivity index (χ0n) is 45.8. The van der Waals surface area contributed by atoms with Crippen molar-refractivity contribution in [3.8, 4) is 0 Å². The number of rotatable bonds is 17. The first kappa shape index (κ1) is 64.7. The SMILES string of the molecule is CC(C)(C)[C@H](/C=C/[C@@H]1[C@H]2CC(=O)O[C@H]2C[C@H]1PPB=O)CCc1ccccc1.CC(C)(C)[C@H](/C=C/[C@@H]1[C@H]2CC(O)O[C@H]2C[C@H]1O)CCc1ccccc1.CC(C)[CH2][AlH][CH2]C(C)C.C[Si](C)=O.C[Si](C)=O. The number of fused-ring (bicyclic) bond motifs is 2. The Morgan fingerprint density at radius 3 is 1.60 bits per heavy atom. The van der Waals surface area contributed by atoms with Crippen molar-refractivity contribution in [2.24, 2.45) is 58.2 Å². The molecule has 14 heteroatoms. The minimum atomic E-state index is -1.13. The average Bonchev–Trinajstić information content (AvgIpc) is 3.97. The summed E-state index contributed by atoms with van der Waals surface area (Å²) in [5.41, 5.74) is 3.61. The molecule has 6 rings (SSSR count). The van der Waals surface area contributed by atoms with E-state index >= 15 is 0 Å². The van der Waals surface area contributed by atoms with E-state index in [-0.39, 0.29) is 46.9 Å². The van der Waals surface area contributed by atoms with Crippen molar-refractivity contribution in [2.75, 3.05) is 0 Å². The van der Waals surface area contributed by atoms with E-state index in [2.05, 4.69) is 154 Å². The quantitative estimate of drug-likeness (QED) is 0.0694. The van der Waals surface area contributed by atoms with Gasteiger partial charge in [-0.2, -0.15) is 0 Å². The van der Waals surface area contributed by atoms with Gasteiger partial charge in [-0.3, -0.25) is 0 Å². The predicted octanol–water partition coefficient (Wildman–Crippen LogP) is 13.2. The van der Waals surface area contributed by atoms with Crippen LogP contribution in [-0.4, -0.2) is 85.9 Å². The number of hydrogen-bond acceptors (Lipinski definition) is 8. The van der Waals surface area contributed by atoms with E-state index < -0.39 is 23.7 Å². The number of aliphatic hydroxyl groups is 2. The number of carbonyl (C=O) groups is 1. The third kappa shape index (κ3) is 26.2. The molecule has 13 atom stereocenters. The molecule has 4 fully saturated rings. The average molecular weight is 1050 g/mol. The van der Waals surface area contributed by atoms with Crippen LogP contribution in [0, 0.1) is 58.2 Å². The van der Waals surface area contributed by atoms with Gasteiger partial charge in [0.15, 0.2) is 6.29 Å². The first-order valence-electron chi connectivity index (χ1n) is 26.4. The van der Waals surface area contributed by atoms with Crippen molar-refractivity contribution in [3.05, 3.63) is 96.1 Å². The Bertz CT molecular complexity index is 1850. The van der Waals surface area contributed by atoms with Gasteiger partial charge in [0.2, 0.25) is 15.2 Å². The van der Waals surface area contributed by atoms with Crippen LogP contribution in [0.2, 0.25) is 36.8 Å². The molecule has 0 aromatic heterocycles. The minimum Gasteiger partial charge on any atom is -0.392 e. The molecule has 0 spiro atoms. The van der Waals surface area contributed by atoms with Crippen LogP contribution in [-0.2, 0) is 40.7 Å². The molecule has 8 nitrogen and oxygen atoms in total. The molecule has 2 aromatic rings. The third-order valence-electron chi connectivity index (χ3n) is 13.7. The topological polar surface area (TPSA) is 127 Å². The largest absolute Gasteiger partial charge is 0.392 e. The van der Waals surface area contributed by atoms with Crippen LogP contribution in [0.5, 0.6) is 0 Å². The standard InChI is InChI=1S/C22H31BO3P2.C22H32O3.2C4H9.2C2H6OSi.Al.H/c1-22(2,3)16(10-9-15-7-5-4-6-8-15)11-12-17-18-13-21(24)26-19(18)14-20(17)27-28-23-25;1-22(2,3)16(10-9-15-7-5-4-6-8-15)11-12-17-18-13-21(24)25-20(18)14-19(17)23;4*1-4(2)3;;/h4-8,11-12,16-20,27-28H,9-10,13-14H2,1-3H3;4-8,11-12,16-21,23-24H,9-10,13-14H2,1-3H3;2*4H,1H2,2-3H3;2*1-2H3;;/b2*12-11+;;;;;;/t16-,17+,18+,19-,20+;16-,17+,18+,19+,20-,21?;;;;;;/m00....../s1. The Hall–Kier alpha value is -1.44. The van der Waals surface area contributed by atoms with Crippen LogP contribution in [0.25, 0.3) is 0 Å². The Morgan fingerprint density at radius 2 is 1.17 bits per heavy atom. The van der Waals surface area contributed by atoms with Gasteiger partial charge >= 0.3 is 167 Å². The second-order valence-corrected chi connectivity index (χ2v) is 32.2. The van der Waals surface area contributed by atoms with Crippen LogP contribution in [0.15, 0.2) is 85.0 Å². The number of esters is 1. The van der Waals surface area contributed by atoms with Gasteiger partial charge in [0.05, 0.1) is 12.2 Å². The minimum absolute atomic E-state index is 0.0112. The van der Waals surface area contributed by atoms with Crippen molar-refractivity contribution in [1.29, 1.82) is 0 Å². The van der Waals surface area contributed by atoms with Crippen molar-refractivity contribution >= 4 is 61.8 Å². The van der Waals surface area contributed by atoms with Gasteiger partial charge in [0.1, 0.15) is 0 Å². The Labute approximate surface area is 439 Å². The second kappa shape index (κ2) is 33.5. The Balaban J connectivity index is 0.000000364. The summed E-state index contributed by atoms with van der Waals surface area (Å²) in [6.45, 7) is 31.0. The number of aliphatic hydroxyl groups excluding tert-OH is 2. The Morgan fingerprint density at radius 1 is 0.714 bits per heavy atom. The van der Waals surface area contributed by atoms with E-state index in [9.17, 15) is 28.6 Å². The van der Waals surface area contributed by atoms with Crippen LogP contribution in [0.4, 0.5) is 0 Å². The maximum Gasteiger partial charge on any atom is 0.270 e. The summed E-state index contributed by atoms with van der Waals surface area (Å²) >= 11 is 0.316.